The second-order valence-corrected chi connectivity index (χ2v) is 5.40. The second kappa shape index (κ2) is 5.60. The molecule has 2 rings (SSSR count). The number of rotatable bonds is 3. The molecule has 1 aromatic heterocycles. The first-order valence-electron chi connectivity index (χ1n) is 5.67. The van der Waals surface area contributed by atoms with Crippen LogP contribution in [0.2, 0.25) is 5.02 Å². The zero-order valence-electron chi connectivity index (χ0n) is 10.7. The van der Waals surface area contributed by atoms with Gasteiger partial charge in [0.1, 0.15) is 10.6 Å². The van der Waals surface area contributed by atoms with Crippen molar-refractivity contribution in [1.82, 2.24) is 4.37 Å². The average molecular weight is 311 g/mol. The van der Waals surface area contributed by atoms with E-state index < -0.39 is 5.97 Å². The van der Waals surface area contributed by atoms with Crippen molar-refractivity contribution < 1.29 is 14.7 Å². The number of aromatic carboxylic acids is 1. The number of amides is 1. The van der Waals surface area contributed by atoms with Crippen molar-refractivity contribution in [2.75, 3.05) is 5.32 Å². The third kappa shape index (κ3) is 2.81. The van der Waals surface area contributed by atoms with Gasteiger partial charge in [-0.3, -0.25) is 4.79 Å². The van der Waals surface area contributed by atoms with Gasteiger partial charge < -0.3 is 10.4 Å². The van der Waals surface area contributed by atoms with E-state index in [9.17, 15) is 9.59 Å². The molecular formula is C13H11ClN2O3S. The van der Waals surface area contributed by atoms with Crippen LogP contribution in [0.5, 0.6) is 0 Å². The lowest BCUT2D eigenvalue weighted by molar-refractivity contribution is 0.0697. The van der Waals surface area contributed by atoms with Crippen LogP contribution >= 0.6 is 23.1 Å². The number of anilines is 1. The number of carbonyl (C=O) groups excluding carboxylic acids is 1. The normalized spacial score (nSPS) is 10.3. The van der Waals surface area contributed by atoms with Crippen LogP contribution in [0.25, 0.3) is 0 Å². The molecule has 0 radical (unpaired) electrons. The Morgan fingerprint density at radius 2 is 2.05 bits per heavy atom. The number of aromatic nitrogens is 1. The number of benzene rings is 1. The van der Waals surface area contributed by atoms with Crippen molar-refractivity contribution >= 4 is 40.0 Å². The molecule has 0 aliphatic rings. The summed E-state index contributed by atoms with van der Waals surface area (Å²) in [6.07, 6.45) is 0. The molecule has 20 heavy (non-hydrogen) atoms. The van der Waals surface area contributed by atoms with Gasteiger partial charge >= 0.3 is 5.97 Å². The van der Waals surface area contributed by atoms with E-state index in [0.29, 0.717) is 21.8 Å². The summed E-state index contributed by atoms with van der Waals surface area (Å²) in [6, 6.07) is 4.88. The molecule has 1 heterocycles. The SMILES string of the molecule is Cc1cc(Cl)ccc1C(=O)Nc1snc(C)c1C(=O)O. The Balaban J connectivity index is 2.31. The van der Waals surface area contributed by atoms with Crippen LogP contribution in [-0.4, -0.2) is 21.4 Å². The number of carboxylic acids is 1. The first-order valence-corrected chi connectivity index (χ1v) is 6.82. The molecule has 2 N–H and O–H groups in total. The minimum absolute atomic E-state index is 0.0231. The highest BCUT2D eigenvalue weighted by atomic mass is 35.5. The van der Waals surface area contributed by atoms with E-state index in [1.807, 2.05) is 0 Å². The molecule has 0 saturated carbocycles. The number of nitrogens with zero attached hydrogens (tertiary/aromatic N) is 1. The summed E-state index contributed by atoms with van der Waals surface area (Å²) in [7, 11) is 0. The van der Waals surface area contributed by atoms with Gasteiger partial charge in [0.15, 0.2) is 0 Å². The van der Waals surface area contributed by atoms with Crippen molar-refractivity contribution in [2.45, 2.75) is 13.8 Å². The van der Waals surface area contributed by atoms with Crippen molar-refractivity contribution in [1.29, 1.82) is 0 Å². The van der Waals surface area contributed by atoms with Crippen molar-refractivity contribution in [2.24, 2.45) is 0 Å². The molecule has 1 amide bonds. The lowest BCUT2D eigenvalue weighted by Gasteiger charge is -2.07. The maximum atomic E-state index is 12.2. The van der Waals surface area contributed by atoms with Gasteiger partial charge in [-0.25, -0.2) is 4.79 Å². The molecule has 0 atom stereocenters. The highest BCUT2D eigenvalue weighted by Crippen LogP contribution is 2.25. The number of aryl methyl sites for hydroxylation is 2. The summed E-state index contributed by atoms with van der Waals surface area (Å²) in [5.74, 6) is -1.50. The minimum atomic E-state index is -1.11. The predicted octanol–water partition coefficient (Wildman–Crippen LogP) is 3.36. The second-order valence-electron chi connectivity index (χ2n) is 4.19. The quantitative estimate of drug-likeness (QED) is 0.911. The third-order valence-electron chi connectivity index (χ3n) is 2.74. The molecule has 2 aromatic rings. The van der Waals surface area contributed by atoms with Crippen LogP contribution in [0.4, 0.5) is 5.00 Å². The van der Waals surface area contributed by atoms with E-state index in [-0.39, 0.29) is 16.5 Å². The lowest BCUT2D eigenvalue weighted by Crippen LogP contribution is -2.14. The van der Waals surface area contributed by atoms with Gasteiger partial charge in [-0.15, -0.1) is 0 Å². The van der Waals surface area contributed by atoms with Crippen LogP contribution < -0.4 is 5.32 Å². The topological polar surface area (TPSA) is 79.3 Å². The van der Waals surface area contributed by atoms with E-state index in [4.69, 9.17) is 16.7 Å². The van der Waals surface area contributed by atoms with Crippen LogP contribution in [0.15, 0.2) is 18.2 Å². The zero-order chi connectivity index (χ0) is 14.9. The maximum absolute atomic E-state index is 12.2. The Morgan fingerprint density at radius 1 is 1.35 bits per heavy atom. The molecule has 0 saturated heterocycles. The predicted molar refractivity (Wildman–Crippen MR) is 78.0 cm³/mol. The van der Waals surface area contributed by atoms with Crippen molar-refractivity contribution in [3.63, 3.8) is 0 Å². The number of carbonyl (C=O) groups is 2. The van der Waals surface area contributed by atoms with Gasteiger partial charge in [0.25, 0.3) is 5.91 Å². The number of halogens is 1. The standard InChI is InChI=1S/C13H11ClN2O3S/c1-6-5-8(14)3-4-9(6)11(17)15-12-10(13(18)19)7(2)16-20-12/h3-5H,1-2H3,(H,15,17)(H,18,19). The summed E-state index contributed by atoms with van der Waals surface area (Å²) < 4.78 is 3.95. The number of carboxylic acid groups (broad SMARTS) is 1. The van der Waals surface area contributed by atoms with Crippen LogP contribution in [0.3, 0.4) is 0 Å². The first kappa shape index (κ1) is 14.5. The van der Waals surface area contributed by atoms with Gasteiger partial charge in [0.05, 0.1) is 5.69 Å². The Kier molecular flexibility index (Phi) is 4.06. The summed E-state index contributed by atoms with van der Waals surface area (Å²) >= 11 is 6.78. The lowest BCUT2D eigenvalue weighted by atomic mass is 10.1. The Hall–Kier alpha value is -1.92. The Morgan fingerprint density at radius 3 is 2.65 bits per heavy atom. The minimum Gasteiger partial charge on any atom is -0.478 e. The number of hydrogen-bond acceptors (Lipinski definition) is 4. The molecule has 0 aliphatic heterocycles. The highest BCUT2D eigenvalue weighted by molar-refractivity contribution is 7.11. The summed E-state index contributed by atoms with van der Waals surface area (Å²) in [5.41, 5.74) is 1.56. The fourth-order valence-corrected chi connectivity index (χ4v) is 2.77. The zero-order valence-corrected chi connectivity index (χ0v) is 12.3. The van der Waals surface area contributed by atoms with Gasteiger partial charge in [-0.1, -0.05) is 11.6 Å². The molecule has 0 aliphatic carbocycles. The largest absolute Gasteiger partial charge is 0.478 e. The van der Waals surface area contributed by atoms with Gasteiger partial charge in [0, 0.05) is 10.6 Å². The van der Waals surface area contributed by atoms with Gasteiger partial charge in [-0.2, -0.15) is 4.37 Å². The molecule has 0 fully saturated rings. The molecule has 0 bridgehead atoms. The molecule has 7 heteroatoms. The number of hydrogen-bond donors (Lipinski definition) is 2. The summed E-state index contributed by atoms with van der Waals surface area (Å²) in [4.78, 5) is 23.3. The summed E-state index contributed by atoms with van der Waals surface area (Å²) in [5, 5.41) is 12.5. The molecule has 104 valence electrons. The smallest absolute Gasteiger partial charge is 0.340 e. The van der Waals surface area contributed by atoms with Crippen LogP contribution in [0.1, 0.15) is 32.0 Å². The van der Waals surface area contributed by atoms with Crippen LogP contribution in [-0.2, 0) is 0 Å². The number of nitrogens with one attached hydrogen (secondary N) is 1. The molecule has 5 nitrogen and oxygen atoms in total. The maximum Gasteiger partial charge on any atom is 0.340 e. The van der Waals surface area contributed by atoms with Crippen molar-refractivity contribution in [3.05, 3.63) is 45.6 Å². The summed E-state index contributed by atoms with van der Waals surface area (Å²) in [6.45, 7) is 3.35. The van der Waals surface area contributed by atoms with E-state index in [1.165, 1.54) is 0 Å². The average Bonchev–Trinajstić information content (AvgIpc) is 2.70. The van der Waals surface area contributed by atoms with E-state index in [2.05, 4.69) is 9.69 Å². The Bertz CT molecular complexity index is 697. The highest BCUT2D eigenvalue weighted by Gasteiger charge is 2.20. The monoisotopic (exact) mass is 310 g/mol. The third-order valence-corrected chi connectivity index (χ3v) is 3.83. The fraction of sp³-hybridized carbons (Fsp3) is 0.154. The molecular weight excluding hydrogens is 300 g/mol. The molecule has 0 spiro atoms. The van der Waals surface area contributed by atoms with Gasteiger partial charge in [-0.05, 0) is 49.1 Å². The Labute approximate surface area is 124 Å². The van der Waals surface area contributed by atoms with Crippen molar-refractivity contribution in [3.8, 4) is 0 Å². The molecule has 1 aromatic carbocycles. The van der Waals surface area contributed by atoms with E-state index in [0.717, 1.165) is 11.5 Å². The molecule has 0 unspecified atom stereocenters. The first-order chi connectivity index (χ1) is 9.40. The van der Waals surface area contributed by atoms with E-state index >= 15 is 0 Å². The van der Waals surface area contributed by atoms with Gasteiger partial charge in [0.2, 0.25) is 0 Å². The fourth-order valence-electron chi connectivity index (χ4n) is 1.76. The van der Waals surface area contributed by atoms with Crippen LogP contribution in [0, 0.1) is 13.8 Å². The van der Waals surface area contributed by atoms with E-state index in [1.54, 1.807) is 32.0 Å².